The summed E-state index contributed by atoms with van der Waals surface area (Å²) < 4.78 is 1.79. The topological polar surface area (TPSA) is 79.2 Å². The molecule has 2 amide bonds. The number of carbonyl (C=O) groups excluding carboxylic acids is 1. The number of aromatic nitrogens is 2. The number of hydrogen-bond acceptors (Lipinski definition) is 3. The Morgan fingerprint density at radius 2 is 2.24 bits per heavy atom. The molecule has 0 aliphatic rings. The van der Waals surface area contributed by atoms with E-state index in [1.54, 1.807) is 24.0 Å². The van der Waals surface area contributed by atoms with Gasteiger partial charge in [-0.25, -0.2) is 4.79 Å². The van der Waals surface area contributed by atoms with Crippen LogP contribution in [0.25, 0.3) is 0 Å². The van der Waals surface area contributed by atoms with Crippen LogP contribution in [-0.4, -0.2) is 33.1 Å². The van der Waals surface area contributed by atoms with Gasteiger partial charge in [0.2, 0.25) is 0 Å². The molecule has 1 atom stereocenters. The van der Waals surface area contributed by atoms with E-state index < -0.39 is 5.60 Å². The van der Waals surface area contributed by atoms with Gasteiger partial charge in [0.1, 0.15) is 0 Å². The Morgan fingerprint density at radius 3 is 2.86 bits per heavy atom. The number of rotatable bonds is 8. The lowest BCUT2D eigenvalue weighted by Gasteiger charge is -2.24. The van der Waals surface area contributed by atoms with Crippen LogP contribution < -0.4 is 10.6 Å². The Labute approximate surface area is 126 Å². The fourth-order valence-electron chi connectivity index (χ4n) is 1.91. The molecule has 21 heavy (non-hydrogen) atoms. The van der Waals surface area contributed by atoms with Crippen molar-refractivity contribution in [2.75, 3.05) is 11.9 Å². The summed E-state index contributed by atoms with van der Waals surface area (Å²) >= 11 is 0. The van der Waals surface area contributed by atoms with Gasteiger partial charge in [0.25, 0.3) is 0 Å². The van der Waals surface area contributed by atoms with Gasteiger partial charge >= 0.3 is 6.03 Å². The molecule has 1 rings (SSSR count). The monoisotopic (exact) mass is 296 g/mol. The molecule has 0 fully saturated rings. The van der Waals surface area contributed by atoms with Gasteiger partial charge in [0.05, 0.1) is 17.5 Å². The second-order valence-corrected chi connectivity index (χ2v) is 6.23. The molecule has 0 aromatic carbocycles. The highest BCUT2D eigenvalue weighted by Crippen LogP contribution is 2.15. The van der Waals surface area contributed by atoms with Gasteiger partial charge in [-0.1, -0.05) is 20.8 Å². The van der Waals surface area contributed by atoms with Crippen LogP contribution in [0, 0.1) is 5.92 Å². The van der Waals surface area contributed by atoms with E-state index in [1.807, 2.05) is 0 Å². The molecule has 1 heterocycles. The van der Waals surface area contributed by atoms with Crippen molar-refractivity contribution < 1.29 is 9.90 Å². The number of anilines is 1. The predicted octanol–water partition coefficient (Wildman–Crippen LogP) is 2.60. The molecule has 0 aliphatic heterocycles. The van der Waals surface area contributed by atoms with Crippen LogP contribution >= 0.6 is 0 Å². The molecule has 0 bridgehead atoms. The van der Waals surface area contributed by atoms with E-state index >= 15 is 0 Å². The fraction of sp³-hybridized carbons (Fsp3) is 0.733. The first kappa shape index (κ1) is 17.5. The van der Waals surface area contributed by atoms with Gasteiger partial charge in [-0.15, -0.1) is 0 Å². The third-order valence-corrected chi connectivity index (χ3v) is 3.23. The Kier molecular flexibility index (Phi) is 6.68. The fourth-order valence-corrected chi connectivity index (χ4v) is 1.91. The molecular weight excluding hydrogens is 268 g/mol. The van der Waals surface area contributed by atoms with Gasteiger partial charge in [-0.3, -0.25) is 4.68 Å². The largest absolute Gasteiger partial charge is 0.388 e. The summed E-state index contributed by atoms with van der Waals surface area (Å²) in [5.74, 6) is 0.537. The number of nitrogens with zero attached hydrogens (tertiary/aromatic N) is 2. The van der Waals surface area contributed by atoms with Crippen LogP contribution in [0.4, 0.5) is 10.5 Å². The summed E-state index contributed by atoms with van der Waals surface area (Å²) in [5.41, 5.74) is -0.226. The first-order valence-corrected chi connectivity index (χ1v) is 7.62. The van der Waals surface area contributed by atoms with Crippen LogP contribution in [0.5, 0.6) is 0 Å². The molecule has 3 N–H and O–H groups in total. The summed E-state index contributed by atoms with van der Waals surface area (Å²) in [6.45, 7) is 9.10. The molecule has 0 saturated heterocycles. The second kappa shape index (κ2) is 8.02. The maximum absolute atomic E-state index is 11.8. The van der Waals surface area contributed by atoms with Crippen molar-refractivity contribution in [1.82, 2.24) is 15.1 Å². The highest BCUT2D eigenvalue weighted by atomic mass is 16.3. The van der Waals surface area contributed by atoms with Crippen molar-refractivity contribution >= 4 is 11.7 Å². The zero-order valence-electron chi connectivity index (χ0n) is 13.5. The molecule has 6 heteroatoms. The lowest BCUT2D eigenvalue weighted by Crippen LogP contribution is -2.42. The smallest absolute Gasteiger partial charge is 0.319 e. The maximum Gasteiger partial charge on any atom is 0.319 e. The van der Waals surface area contributed by atoms with E-state index in [-0.39, 0.29) is 12.6 Å². The quantitative estimate of drug-likeness (QED) is 0.690. The molecule has 1 aromatic rings. The SMILES string of the molecule is CCCn1cc(NC(=O)NC[C@](C)(O)CCC(C)C)cn1. The van der Waals surface area contributed by atoms with Gasteiger partial charge in [0, 0.05) is 19.3 Å². The Hall–Kier alpha value is -1.56. The molecular formula is C15H28N4O2. The van der Waals surface area contributed by atoms with Crippen LogP contribution in [0.15, 0.2) is 12.4 Å². The summed E-state index contributed by atoms with van der Waals surface area (Å²) in [5, 5.41) is 19.7. The van der Waals surface area contributed by atoms with Crippen molar-refractivity contribution in [2.24, 2.45) is 5.92 Å². The zero-order chi connectivity index (χ0) is 15.9. The number of carbonyl (C=O) groups is 1. The van der Waals surface area contributed by atoms with Crippen LogP contribution in [0.3, 0.4) is 0 Å². The molecule has 0 spiro atoms. The van der Waals surface area contributed by atoms with Gasteiger partial charge in [-0.05, 0) is 32.1 Å². The maximum atomic E-state index is 11.8. The lowest BCUT2D eigenvalue weighted by atomic mass is 9.95. The average molecular weight is 296 g/mol. The summed E-state index contributed by atoms with van der Waals surface area (Å²) in [4.78, 5) is 11.8. The van der Waals surface area contributed by atoms with Gasteiger partial charge < -0.3 is 15.7 Å². The number of aryl methyl sites for hydroxylation is 1. The Balaban J connectivity index is 2.35. The third kappa shape index (κ3) is 7.13. The summed E-state index contributed by atoms with van der Waals surface area (Å²) in [6.07, 6.45) is 6.00. The molecule has 120 valence electrons. The highest BCUT2D eigenvalue weighted by molar-refractivity contribution is 5.88. The summed E-state index contributed by atoms with van der Waals surface area (Å²) in [7, 11) is 0. The van der Waals surface area contributed by atoms with Crippen molar-refractivity contribution in [3.05, 3.63) is 12.4 Å². The Morgan fingerprint density at radius 1 is 1.52 bits per heavy atom. The second-order valence-electron chi connectivity index (χ2n) is 6.23. The van der Waals surface area contributed by atoms with E-state index in [0.717, 1.165) is 19.4 Å². The van der Waals surface area contributed by atoms with E-state index in [2.05, 4.69) is 36.5 Å². The number of aliphatic hydroxyl groups is 1. The van der Waals surface area contributed by atoms with Crippen molar-refractivity contribution in [3.8, 4) is 0 Å². The number of nitrogens with one attached hydrogen (secondary N) is 2. The molecule has 0 unspecified atom stereocenters. The van der Waals surface area contributed by atoms with Crippen molar-refractivity contribution in [1.29, 1.82) is 0 Å². The van der Waals surface area contributed by atoms with E-state index in [9.17, 15) is 9.90 Å². The van der Waals surface area contributed by atoms with Crippen LogP contribution in [-0.2, 0) is 6.54 Å². The molecule has 6 nitrogen and oxygen atoms in total. The molecule has 1 aromatic heterocycles. The van der Waals surface area contributed by atoms with E-state index in [0.29, 0.717) is 18.0 Å². The van der Waals surface area contributed by atoms with Gasteiger partial charge in [-0.2, -0.15) is 5.10 Å². The van der Waals surface area contributed by atoms with Crippen LogP contribution in [0.2, 0.25) is 0 Å². The molecule has 0 radical (unpaired) electrons. The predicted molar refractivity (Wildman–Crippen MR) is 84.2 cm³/mol. The lowest BCUT2D eigenvalue weighted by molar-refractivity contribution is 0.0481. The minimum Gasteiger partial charge on any atom is -0.388 e. The minimum atomic E-state index is -0.881. The zero-order valence-corrected chi connectivity index (χ0v) is 13.5. The van der Waals surface area contributed by atoms with Gasteiger partial charge in [0.15, 0.2) is 0 Å². The first-order chi connectivity index (χ1) is 9.82. The average Bonchev–Trinajstić information content (AvgIpc) is 2.82. The molecule has 0 aliphatic carbocycles. The normalized spacial score (nSPS) is 14.0. The van der Waals surface area contributed by atoms with Crippen molar-refractivity contribution in [3.63, 3.8) is 0 Å². The van der Waals surface area contributed by atoms with Crippen LogP contribution in [0.1, 0.15) is 47.0 Å². The number of amides is 2. The number of hydrogen-bond donors (Lipinski definition) is 3. The Bertz CT molecular complexity index is 441. The van der Waals surface area contributed by atoms with Crippen molar-refractivity contribution in [2.45, 2.75) is 59.1 Å². The van der Waals surface area contributed by atoms with E-state index in [4.69, 9.17) is 0 Å². The first-order valence-electron chi connectivity index (χ1n) is 7.62. The standard InChI is InChI=1S/C15H28N4O2/c1-5-8-19-10-13(9-17-19)18-14(20)16-11-15(4,21)7-6-12(2)3/h9-10,12,21H,5-8,11H2,1-4H3,(H2,16,18,20)/t15-/m1/s1. The third-order valence-electron chi connectivity index (χ3n) is 3.23. The number of urea groups is 1. The molecule has 0 saturated carbocycles. The minimum absolute atomic E-state index is 0.231. The van der Waals surface area contributed by atoms with E-state index in [1.165, 1.54) is 0 Å². The highest BCUT2D eigenvalue weighted by Gasteiger charge is 2.21. The summed E-state index contributed by atoms with van der Waals surface area (Å²) in [6, 6.07) is -0.323.